The van der Waals surface area contributed by atoms with Crippen LogP contribution in [0.3, 0.4) is 0 Å². The zero-order valence-corrected chi connectivity index (χ0v) is 24.2. The van der Waals surface area contributed by atoms with E-state index < -0.39 is 17.3 Å². The van der Waals surface area contributed by atoms with Crippen LogP contribution in [0.1, 0.15) is 51.6 Å². The maximum atomic E-state index is 15.4. The van der Waals surface area contributed by atoms with Crippen LogP contribution in [0.2, 0.25) is 0 Å². The van der Waals surface area contributed by atoms with E-state index in [9.17, 15) is 9.59 Å². The summed E-state index contributed by atoms with van der Waals surface area (Å²) in [5, 5.41) is 4.71. The van der Waals surface area contributed by atoms with Gasteiger partial charge in [0.25, 0.3) is 5.56 Å². The summed E-state index contributed by atoms with van der Waals surface area (Å²) in [5.74, 6) is -0.184. The van der Waals surface area contributed by atoms with Gasteiger partial charge in [-0.2, -0.15) is 15.1 Å². The van der Waals surface area contributed by atoms with E-state index in [2.05, 4.69) is 25.0 Å². The third kappa shape index (κ3) is 5.65. The van der Waals surface area contributed by atoms with Crippen LogP contribution in [0.25, 0.3) is 27.8 Å². The molecule has 0 saturated heterocycles. The number of nitrogens with zero attached hydrogens (tertiary/aromatic N) is 7. The fourth-order valence-corrected chi connectivity index (χ4v) is 5.45. The molecule has 224 valence electrons. The molecular formula is C33H27FN8O3. The third-order valence-electron chi connectivity index (χ3n) is 7.76. The molecule has 0 amide bonds. The Balaban J connectivity index is 1.35. The fourth-order valence-electron chi connectivity index (χ4n) is 5.45. The van der Waals surface area contributed by atoms with Crippen molar-refractivity contribution in [3.05, 3.63) is 124 Å². The molecule has 7 rings (SSSR count). The second kappa shape index (κ2) is 11.4. The van der Waals surface area contributed by atoms with Gasteiger partial charge in [-0.1, -0.05) is 18.2 Å². The summed E-state index contributed by atoms with van der Waals surface area (Å²) in [6, 6.07) is 13.3. The molecule has 1 saturated carbocycles. The number of anilines is 1. The highest BCUT2D eigenvalue weighted by atomic mass is 19.1. The average Bonchev–Trinajstić information content (AvgIpc) is 3.81. The molecule has 0 radical (unpaired) electrons. The molecule has 1 aliphatic carbocycles. The summed E-state index contributed by atoms with van der Waals surface area (Å²) in [7, 11) is 1.81. The lowest BCUT2D eigenvalue weighted by molar-refractivity contribution is 0.0473. The van der Waals surface area contributed by atoms with Gasteiger partial charge in [0.15, 0.2) is 5.82 Å². The second-order valence-electron chi connectivity index (χ2n) is 11.0. The number of aromatic nitrogens is 7. The van der Waals surface area contributed by atoms with Crippen molar-refractivity contribution in [2.75, 3.05) is 5.73 Å². The first kappa shape index (κ1) is 28.0. The molecular weight excluding hydrogens is 575 g/mol. The number of carbonyl (C=O) groups excluding carboxylic acids is 1. The number of hydrogen-bond donors (Lipinski definition) is 1. The average molecular weight is 603 g/mol. The van der Waals surface area contributed by atoms with E-state index in [1.54, 1.807) is 53.5 Å². The molecule has 1 fully saturated rings. The quantitative estimate of drug-likeness (QED) is 0.249. The van der Waals surface area contributed by atoms with Gasteiger partial charge in [-0.05, 0) is 65.6 Å². The van der Waals surface area contributed by atoms with Crippen LogP contribution >= 0.6 is 0 Å². The summed E-state index contributed by atoms with van der Waals surface area (Å²) in [6.07, 6.45) is 10.5. The van der Waals surface area contributed by atoms with Gasteiger partial charge in [-0.15, -0.1) is 0 Å². The first-order valence-corrected chi connectivity index (χ1v) is 14.4. The normalized spacial score (nSPS) is 12.8. The summed E-state index contributed by atoms with van der Waals surface area (Å²) >= 11 is 0. The Bertz CT molecular complexity index is 2140. The van der Waals surface area contributed by atoms with Gasteiger partial charge in [0.05, 0.1) is 22.8 Å². The Morgan fingerprint density at radius 1 is 1.09 bits per heavy atom. The van der Waals surface area contributed by atoms with Crippen LogP contribution in [0.4, 0.5) is 10.3 Å². The molecule has 4 aromatic heterocycles. The van der Waals surface area contributed by atoms with Crippen molar-refractivity contribution < 1.29 is 13.9 Å². The van der Waals surface area contributed by atoms with E-state index in [1.165, 1.54) is 23.0 Å². The van der Waals surface area contributed by atoms with E-state index in [0.717, 1.165) is 24.0 Å². The van der Waals surface area contributed by atoms with Gasteiger partial charge in [-0.25, -0.2) is 14.2 Å². The van der Waals surface area contributed by atoms with Crippen LogP contribution in [0.15, 0.2) is 84.3 Å². The Morgan fingerprint density at radius 2 is 1.91 bits per heavy atom. The van der Waals surface area contributed by atoms with Gasteiger partial charge in [0.1, 0.15) is 18.2 Å². The van der Waals surface area contributed by atoms with Crippen molar-refractivity contribution in [1.82, 2.24) is 34.3 Å². The largest absolute Gasteiger partial charge is 0.457 e. The van der Waals surface area contributed by atoms with Crippen LogP contribution in [0, 0.1) is 5.82 Å². The zero-order chi connectivity index (χ0) is 31.1. The minimum absolute atomic E-state index is 0.000402. The van der Waals surface area contributed by atoms with Crippen molar-refractivity contribution in [2.24, 2.45) is 7.05 Å². The van der Waals surface area contributed by atoms with Crippen LogP contribution in [-0.2, 0) is 24.8 Å². The lowest BCUT2D eigenvalue weighted by atomic mass is 10.0. The lowest BCUT2D eigenvalue weighted by Crippen LogP contribution is -2.21. The highest BCUT2D eigenvalue weighted by Crippen LogP contribution is 2.41. The number of benzene rings is 2. The topological polar surface area (TPSA) is 144 Å². The number of hydrogen-bond acceptors (Lipinski definition) is 9. The number of carbonyl (C=O) groups is 1. The molecule has 1 aliphatic rings. The highest BCUT2D eigenvalue weighted by Gasteiger charge is 2.26. The van der Waals surface area contributed by atoms with Crippen LogP contribution in [-0.4, -0.2) is 40.3 Å². The van der Waals surface area contributed by atoms with Gasteiger partial charge in [0.2, 0.25) is 5.95 Å². The molecule has 2 aromatic carbocycles. The minimum Gasteiger partial charge on any atom is -0.457 e. The maximum absolute atomic E-state index is 15.4. The molecule has 11 nitrogen and oxygen atoms in total. The molecule has 4 heterocycles. The van der Waals surface area contributed by atoms with E-state index >= 15 is 4.39 Å². The second-order valence-corrected chi connectivity index (χ2v) is 11.0. The molecule has 12 heteroatoms. The number of nitrogen functional groups attached to an aromatic ring is 1. The van der Waals surface area contributed by atoms with Crippen LogP contribution < -0.4 is 11.3 Å². The number of pyridine rings is 2. The highest BCUT2D eigenvalue weighted by molar-refractivity contribution is 5.89. The van der Waals surface area contributed by atoms with E-state index in [0.29, 0.717) is 45.9 Å². The number of nitrogens with two attached hydrogens (primary N) is 1. The number of ether oxygens (including phenoxy) is 1. The fraction of sp³-hybridized carbons (Fsp3) is 0.182. The number of fused-ring (bicyclic) bond motifs is 1. The summed E-state index contributed by atoms with van der Waals surface area (Å²) in [5.41, 5.74) is 8.93. The van der Waals surface area contributed by atoms with E-state index in [-0.39, 0.29) is 23.8 Å². The van der Waals surface area contributed by atoms with Gasteiger partial charge in [-0.3, -0.25) is 19.0 Å². The first-order chi connectivity index (χ1) is 21.8. The molecule has 6 aromatic rings. The maximum Gasteiger partial charge on any atom is 0.338 e. The molecule has 2 N–H and O–H groups in total. The van der Waals surface area contributed by atoms with Gasteiger partial charge >= 0.3 is 5.97 Å². The number of halogens is 1. The molecule has 0 spiro atoms. The summed E-state index contributed by atoms with van der Waals surface area (Å²) in [6.45, 7) is -0.246. The van der Waals surface area contributed by atoms with Gasteiger partial charge < -0.3 is 10.5 Å². The van der Waals surface area contributed by atoms with Gasteiger partial charge in [0, 0.05) is 49.4 Å². The smallest absolute Gasteiger partial charge is 0.338 e. The Labute approximate surface area is 256 Å². The Morgan fingerprint density at radius 3 is 2.67 bits per heavy atom. The van der Waals surface area contributed by atoms with E-state index in [4.69, 9.17) is 10.5 Å². The summed E-state index contributed by atoms with van der Waals surface area (Å²) < 4.78 is 24.2. The zero-order valence-electron chi connectivity index (χ0n) is 24.2. The Kier molecular flexibility index (Phi) is 7.08. The molecule has 45 heavy (non-hydrogen) atoms. The number of rotatable bonds is 8. The van der Waals surface area contributed by atoms with Crippen molar-refractivity contribution in [3.63, 3.8) is 0 Å². The molecule has 0 atom stereocenters. The lowest BCUT2D eigenvalue weighted by Gasteiger charge is -2.17. The monoisotopic (exact) mass is 602 g/mol. The predicted octanol–water partition coefficient (Wildman–Crippen LogP) is 4.52. The predicted molar refractivity (Wildman–Crippen MR) is 164 cm³/mol. The number of esters is 1. The Hall–Kier alpha value is -5.78. The van der Waals surface area contributed by atoms with E-state index in [1.807, 2.05) is 19.3 Å². The molecule has 0 bridgehead atoms. The molecule has 0 aliphatic heterocycles. The SMILES string of the molecule is Cn1cc(Cc2nc(N)nc(-c3cccc(-n4ccc5cc(C6CC6)cc(F)c5c4=O)c3COC(=O)c3ccncc3)n2)cn1. The van der Waals surface area contributed by atoms with Crippen LogP contribution in [0.5, 0.6) is 0 Å². The van der Waals surface area contributed by atoms with Crippen molar-refractivity contribution in [3.8, 4) is 17.1 Å². The van der Waals surface area contributed by atoms with Crippen molar-refractivity contribution in [2.45, 2.75) is 31.8 Å². The minimum atomic E-state index is -0.588. The molecule has 0 unspecified atom stereocenters. The summed E-state index contributed by atoms with van der Waals surface area (Å²) in [4.78, 5) is 44.1. The number of aryl methyl sites for hydroxylation is 1. The third-order valence-corrected chi connectivity index (χ3v) is 7.76. The standard InChI is InChI=1S/C33H27FN8O3/c1-41-17-19(16-37-41)13-28-38-30(40-33(35)39-28)24-3-2-4-27(25(24)18-45-32(44)21-7-10-36-11-8-21)42-12-9-22-14-23(20-5-6-20)15-26(34)29(22)31(42)43/h2-4,7-12,14-17,20H,5-6,13,18H2,1H3,(H2,35,38,39,40). The van der Waals surface area contributed by atoms with Crippen molar-refractivity contribution >= 4 is 22.7 Å². The first-order valence-electron chi connectivity index (χ1n) is 14.4. The van der Waals surface area contributed by atoms with Crippen molar-refractivity contribution in [1.29, 1.82) is 0 Å².